The fourth-order valence-electron chi connectivity index (χ4n) is 2.31. The van der Waals surface area contributed by atoms with Crippen LogP contribution < -0.4 is 14.8 Å². The topological polar surface area (TPSA) is 61.2 Å². The minimum atomic E-state index is -0.101. The molecule has 0 saturated carbocycles. The van der Waals surface area contributed by atoms with Gasteiger partial charge in [-0.1, -0.05) is 6.07 Å². The van der Waals surface area contributed by atoms with Crippen LogP contribution in [0.3, 0.4) is 0 Å². The van der Waals surface area contributed by atoms with Crippen molar-refractivity contribution in [1.82, 2.24) is 20.1 Å². The highest BCUT2D eigenvalue weighted by atomic mass is 16.5. The number of aromatic nitrogens is 3. The molecule has 6 heteroatoms. The van der Waals surface area contributed by atoms with Crippen molar-refractivity contribution in [3.05, 3.63) is 35.8 Å². The van der Waals surface area contributed by atoms with Crippen LogP contribution >= 0.6 is 0 Å². The van der Waals surface area contributed by atoms with E-state index in [-0.39, 0.29) is 6.04 Å². The molecule has 2 aromatic heterocycles. The van der Waals surface area contributed by atoms with Crippen LogP contribution in [0.2, 0.25) is 0 Å². The summed E-state index contributed by atoms with van der Waals surface area (Å²) in [5, 5.41) is 7.63. The molecule has 6 nitrogen and oxygen atoms in total. The summed E-state index contributed by atoms with van der Waals surface area (Å²) in [5.74, 6) is 1.34. The van der Waals surface area contributed by atoms with Gasteiger partial charge in [0.05, 0.1) is 26.5 Å². The molecule has 0 spiro atoms. The molecule has 0 radical (unpaired) electrons. The fraction of sp³-hybridized carbons (Fsp3) is 0.429. The van der Waals surface area contributed by atoms with Crippen molar-refractivity contribution in [1.29, 1.82) is 0 Å². The summed E-state index contributed by atoms with van der Waals surface area (Å²) < 4.78 is 12.7. The van der Waals surface area contributed by atoms with E-state index in [4.69, 9.17) is 9.47 Å². The largest absolute Gasteiger partial charge is 0.493 e. The Balaban J connectivity index is 2.55. The number of aryl methyl sites for hydroxylation is 1. The molecule has 0 amide bonds. The molecule has 2 heterocycles. The van der Waals surface area contributed by atoms with E-state index in [1.807, 2.05) is 30.8 Å². The van der Waals surface area contributed by atoms with Gasteiger partial charge in [-0.05, 0) is 20.0 Å². The lowest BCUT2D eigenvalue weighted by atomic mass is 10.0. The van der Waals surface area contributed by atoms with E-state index < -0.39 is 0 Å². The molecule has 108 valence electrons. The van der Waals surface area contributed by atoms with Crippen LogP contribution in [0, 0.1) is 0 Å². The van der Waals surface area contributed by atoms with Gasteiger partial charge in [0.15, 0.2) is 5.75 Å². The minimum Gasteiger partial charge on any atom is -0.493 e. The molecule has 0 bridgehead atoms. The highest BCUT2D eigenvalue weighted by Gasteiger charge is 2.24. The maximum atomic E-state index is 5.42. The van der Waals surface area contributed by atoms with Crippen molar-refractivity contribution in [2.24, 2.45) is 0 Å². The van der Waals surface area contributed by atoms with Crippen LogP contribution in [0.4, 0.5) is 0 Å². The van der Waals surface area contributed by atoms with E-state index in [0.717, 1.165) is 23.6 Å². The van der Waals surface area contributed by atoms with Crippen molar-refractivity contribution in [2.75, 3.05) is 21.3 Å². The van der Waals surface area contributed by atoms with Crippen LogP contribution in [-0.4, -0.2) is 36.0 Å². The predicted molar refractivity (Wildman–Crippen MR) is 76.1 cm³/mol. The standard InChI is InChI=1S/C14H20N4O2/c1-5-18-13(11(19-3)9-17-18)12(15-2)10-7-6-8-16-14(10)20-4/h6-9,12,15H,5H2,1-4H3. The van der Waals surface area contributed by atoms with E-state index in [0.29, 0.717) is 5.88 Å². The first kappa shape index (κ1) is 14.3. The van der Waals surface area contributed by atoms with Gasteiger partial charge < -0.3 is 14.8 Å². The number of nitrogens with one attached hydrogen (secondary N) is 1. The van der Waals surface area contributed by atoms with Gasteiger partial charge in [-0.3, -0.25) is 4.68 Å². The third-order valence-electron chi connectivity index (χ3n) is 3.23. The molecule has 0 aromatic carbocycles. The predicted octanol–water partition coefficient (Wildman–Crippen LogP) is 1.62. The Labute approximate surface area is 118 Å². The number of methoxy groups -OCH3 is 2. The molecule has 0 aliphatic carbocycles. The average molecular weight is 276 g/mol. The molecule has 0 aliphatic heterocycles. The van der Waals surface area contributed by atoms with E-state index in [1.165, 1.54) is 0 Å². The number of hydrogen-bond donors (Lipinski definition) is 1. The van der Waals surface area contributed by atoms with Crippen molar-refractivity contribution in [3.8, 4) is 11.6 Å². The zero-order valence-electron chi connectivity index (χ0n) is 12.3. The molecule has 0 aliphatic rings. The lowest BCUT2D eigenvalue weighted by Crippen LogP contribution is -2.23. The Morgan fingerprint density at radius 3 is 2.75 bits per heavy atom. The summed E-state index contributed by atoms with van der Waals surface area (Å²) in [6.45, 7) is 2.81. The minimum absolute atomic E-state index is 0.101. The molecular weight excluding hydrogens is 256 g/mol. The molecular formula is C14H20N4O2. The maximum absolute atomic E-state index is 5.42. The van der Waals surface area contributed by atoms with Gasteiger partial charge >= 0.3 is 0 Å². The third-order valence-corrected chi connectivity index (χ3v) is 3.23. The zero-order valence-corrected chi connectivity index (χ0v) is 12.3. The lowest BCUT2D eigenvalue weighted by Gasteiger charge is -2.20. The summed E-state index contributed by atoms with van der Waals surface area (Å²) in [6, 6.07) is 3.77. The Morgan fingerprint density at radius 2 is 2.15 bits per heavy atom. The van der Waals surface area contributed by atoms with E-state index in [9.17, 15) is 0 Å². The Bertz CT molecular complexity index is 547. The summed E-state index contributed by atoms with van der Waals surface area (Å²) in [5.41, 5.74) is 1.91. The summed E-state index contributed by atoms with van der Waals surface area (Å²) in [4.78, 5) is 4.25. The normalized spacial score (nSPS) is 12.2. The number of nitrogens with zero attached hydrogens (tertiary/aromatic N) is 3. The number of rotatable bonds is 6. The van der Waals surface area contributed by atoms with Gasteiger partial charge in [0, 0.05) is 18.3 Å². The zero-order chi connectivity index (χ0) is 14.5. The maximum Gasteiger partial charge on any atom is 0.218 e. The highest BCUT2D eigenvalue weighted by molar-refractivity contribution is 5.40. The number of ether oxygens (including phenoxy) is 2. The molecule has 1 atom stereocenters. The molecule has 1 N–H and O–H groups in total. The van der Waals surface area contributed by atoms with Crippen molar-refractivity contribution in [2.45, 2.75) is 19.5 Å². The first-order valence-corrected chi connectivity index (χ1v) is 6.52. The van der Waals surface area contributed by atoms with Crippen LogP contribution in [0.15, 0.2) is 24.5 Å². The quantitative estimate of drug-likeness (QED) is 0.869. The van der Waals surface area contributed by atoms with Gasteiger partial charge in [0.1, 0.15) is 5.69 Å². The Hall–Kier alpha value is -2.08. The summed E-state index contributed by atoms with van der Waals surface area (Å²) in [7, 11) is 5.16. The van der Waals surface area contributed by atoms with Crippen molar-refractivity contribution in [3.63, 3.8) is 0 Å². The first-order valence-electron chi connectivity index (χ1n) is 6.52. The molecule has 0 fully saturated rings. The van der Waals surface area contributed by atoms with Crippen LogP contribution in [0.5, 0.6) is 11.6 Å². The van der Waals surface area contributed by atoms with Gasteiger partial charge in [0.2, 0.25) is 5.88 Å². The average Bonchev–Trinajstić information content (AvgIpc) is 2.91. The van der Waals surface area contributed by atoms with Crippen LogP contribution in [0.1, 0.15) is 24.2 Å². The van der Waals surface area contributed by atoms with E-state index in [1.54, 1.807) is 26.6 Å². The van der Waals surface area contributed by atoms with Crippen molar-refractivity contribution < 1.29 is 9.47 Å². The highest BCUT2D eigenvalue weighted by Crippen LogP contribution is 2.33. The smallest absolute Gasteiger partial charge is 0.218 e. The monoisotopic (exact) mass is 276 g/mol. The van der Waals surface area contributed by atoms with Gasteiger partial charge in [0.25, 0.3) is 0 Å². The second-order valence-electron chi connectivity index (χ2n) is 4.24. The molecule has 2 rings (SSSR count). The van der Waals surface area contributed by atoms with E-state index in [2.05, 4.69) is 15.4 Å². The number of hydrogen-bond acceptors (Lipinski definition) is 5. The second kappa shape index (κ2) is 6.38. The third kappa shape index (κ3) is 2.46. The van der Waals surface area contributed by atoms with Gasteiger partial charge in [-0.25, -0.2) is 4.98 Å². The molecule has 20 heavy (non-hydrogen) atoms. The first-order chi connectivity index (χ1) is 9.76. The summed E-state index contributed by atoms with van der Waals surface area (Å²) >= 11 is 0. The van der Waals surface area contributed by atoms with Gasteiger partial charge in [-0.2, -0.15) is 5.10 Å². The lowest BCUT2D eigenvalue weighted by molar-refractivity contribution is 0.380. The van der Waals surface area contributed by atoms with Crippen molar-refractivity contribution >= 4 is 0 Å². The van der Waals surface area contributed by atoms with Crippen LogP contribution in [0.25, 0.3) is 0 Å². The molecule has 1 unspecified atom stereocenters. The number of pyridine rings is 1. The van der Waals surface area contributed by atoms with Crippen LogP contribution in [-0.2, 0) is 6.54 Å². The van der Waals surface area contributed by atoms with E-state index >= 15 is 0 Å². The SMILES string of the molecule is CCn1ncc(OC)c1C(NC)c1cccnc1OC. The summed E-state index contributed by atoms with van der Waals surface area (Å²) in [6.07, 6.45) is 3.44. The Kier molecular flexibility index (Phi) is 4.57. The Morgan fingerprint density at radius 1 is 1.35 bits per heavy atom. The molecule has 0 saturated heterocycles. The molecule has 2 aromatic rings. The van der Waals surface area contributed by atoms with Gasteiger partial charge in [-0.15, -0.1) is 0 Å². The second-order valence-corrected chi connectivity index (χ2v) is 4.24. The fourth-order valence-corrected chi connectivity index (χ4v) is 2.31.